The fraction of sp³-hybridized carbons (Fsp3) is 0. The minimum Gasteiger partial charge on any atom is -0.399 e. The van der Waals surface area contributed by atoms with Crippen LogP contribution in [0, 0.1) is 0 Å². The molecule has 2 N–H and O–H groups in total. The van der Waals surface area contributed by atoms with Gasteiger partial charge in [-0.1, -0.05) is 138 Å². The first-order chi connectivity index (χ1) is 15.8. The molecule has 0 saturated carbocycles. The number of nitrogens with two attached hydrogens (primary N) is 1. The van der Waals surface area contributed by atoms with Crippen molar-refractivity contribution in [1.29, 1.82) is 0 Å². The van der Waals surface area contributed by atoms with E-state index in [1.54, 1.807) is 0 Å². The number of hydrogen-bond donors (Lipinski definition) is 1. The average molecular weight is 409 g/mol. The van der Waals surface area contributed by atoms with Crippen molar-refractivity contribution in [2.24, 2.45) is 0 Å². The minimum atomic E-state index is 0.00372. The Bertz CT molecular complexity index is 1250. The van der Waals surface area contributed by atoms with Crippen molar-refractivity contribution in [2.45, 2.75) is 0 Å². The molecule has 1 nitrogen and oxygen atoms in total. The lowest BCUT2D eigenvalue weighted by molar-refractivity contribution is 1.63. The highest BCUT2D eigenvalue weighted by atomic mass is 14.5. The molecule has 0 aromatic heterocycles. The monoisotopic (exact) mass is 409 g/mol. The molecule has 0 aliphatic carbocycles. The molecule has 5 rings (SSSR count). The van der Waals surface area contributed by atoms with Gasteiger partial charge in [-0.15, -0.1) is 0 Å². The highest BCUT2D eigenvalue weighted by Crippen LogP contribution is 2.21. The normalized spacial score (nSPS) is 10.6. The van der Waals surface area contributed by atoms with Crippen LogP contribution in [0.3, 0.4) is 0 Å². The predicted molar refractivity (Wildman–Crippen MR) is 139 cm³/mol. The first kappa shape index (κ1) is 19.9. The van der Waals surface area contributed by atoms with E-state index < -0.39 is 0 Å². The summed E-state index contributed by atoms with van der Waals surface area (Å²) in [4.78, 5) is 0. The fourth-order valence-corrected chi connectivity index (χ4v) is 4.54. The highest BCUT2D eigenvalue weighted by Gasteiger charge is 2.28. The van der Waals surface area contributed by atoms with E-state index in [0.29, 0.717) is 0 Å². The third-order valence-corrected chi connectivity index (χ3v) is 6.02. The molecule has 5 aromatic carbocycles. The molecule has 0 atom stereocenters. The highest BCUT2D eigenvalue weighted by molar-refractivity contribution is 6.97. The molecule has 32 heavy (non-hydrogen) atoms. The quantitative estimate of drug-likeness (QED) is 0.317. The third-order valence-electron chi connectivity index (χ3n) is 6.02. The van der Waals surface area contributed by atoms with Gasteiger partial charge in [0, 0.05) is 5.69 Å². The predicted octanol–water partition coefficient (Wildman–Crippen LogP) is 5.12. The van der Waals surface area contributed by atoms with Gasteiger partial charge in [0.1, 0.15) is 0 Å². The fourth-order valence-electron chi connectivity index (χ4n) is 4.54. The molecular formula is C30H24BN. The first-order valence-electron chi connectivity index (χ1n) is 11.0. The Labute approximate surface area is 190 Å². The van der Waals surface area contributed by atoms with Crippen LogP contribution in [-0.4, -0.2) is 6.71 Å². The number of hydrogen-bond acceptors (Lipinski definition) is 1. The first-order valence-corrected chi connectivity index (χ1v) is 11.0. The van der Waals surface area contributed by atoms with Crippen LogP contribution < -0.4 is 22.1 Å². The maximum atomic E-state index is 6.57. The Morgan fingerprint density at radius 3 is 1.22 bits per heavy atom. The van der Waals surface area contributed by atoms with Gasteiger partial charge < -0.3 is 5.73 Å². The van der Waals surface area contributed by atoms with Crippen molar-refractivity contribution in [1.82, 2.24) is 0 Å². The smallest absolute Gasteiger partial charge is 0.245 e. The van der Waals surface area contributed by atoms with Crippen molar-refractivity contribution in [2.75, 3.05) is 5.73 Å². The van der Waals surface area contributed by atoms with Crippen molar-refractivity contribution < 1.29 is 0 Å². The summed E-state index contributed by atoms with van der Waals surface area (Å²) >= 11 is 0. The van der Waals surface area contributed by atoms with Gasteiger partial charge >= 0.3 is 0 Å². The zero-order valence-electron chi connectivity index (χ0n) is 17.9. The van der Waals surface area contributed by atoms with Gasteiger partial charge in [-0.2, -0.15) is 0 Å². The van der Waals surface area contributed by atoms with Gasteiger partial charge in [0.15, 0.2) is 0 Å². The zero-order valence-corrected chi connectivity index (χ0v) is 17.9. The van der Waals surface area contributed by atoms with Gasteiger partial charge in [0.25, 0.3) is 0 Å². The van der Waals surface area contributed by atoms with Gasteiger partial charge in [-0.05, 0) is 33.8 Å². The van der Waals surface area contributed by atoms with Crippen LogP contribution in [-0.2, 0) is 0 Å². The summed E-state index contributed by atoms with van der Waals surface area (Å²) in [6.45, 7) is 0.00372. The molecule has 0 unspecified atom stereocenters. The van der Waals surface area contributed by atoms with E-state index in [9.17, 15) is 0 Å². The SMILES string of the molecule is Nc1ccccc1B(c1ccccc1-c1ccccc1)c1ccccc1-c1ccccc1. The molecular weight excluding hydrogens is 385 g/mol. The van der Waals surface area contributed by atoms with Crippen LogP contribution >= 0.6 is 0 Å². The Morgan fingerprint density at radius 2 is 0.750 bits per heavy atom. The van der Waals surface area contributed by atoms with Gasteiger partial charge in [-0.3, -0.25) is 0 Å². The largest absolute Gasteiger partial charge is 0.399 e. The van der Waals surface area contributed by atoms with Crippen LogP contribution in [0.4, 0.5) is 5.69 Å². The molecule has 0 spiro atoms. The van der Waals surface area contributed by atoms with Crippen LogP contribution in [0.2, 0.25) is 0 Å². The molecule has 0 bridgehead atoms. The van der Waals surface area contributed by atoms with Crippen molar-refractivity contribution in [3.8, 4) is 22.3 Å². The maximum absolute atomic E-state index is 6.57. The summed E-state index contributed by atoms with van der Waals surface area (Å²) < 4.78 is 0. The molecule has 0 radical (unpaired) electrons. The summed E-state index contributed by atoms with van der Waals surface area (Å²) in [5.74, 6) is 0. The van der Waals surface area contributed by atoms with Gasteiger partial charge in [0.2, 0.25) is 6.71 Å². The second-order valence-corrected chi connectivity index (χ2v) is 7.97. The van der Waals surface area contributed by atoms with E-state index in [2.05, 4.69) is 121 Å². The number of anilines is 1. The number of rotatable bonds is 5. The van der Waals surface area contributed by atoms with Crippen LogP contribution in [0.1, 0.15) is 0 Å². The Kier molecular flexibility index (Phi) is 5.59. The minimum absolute atomic E-state index is 0.00372. The lowest BCUT2D eigenvalue weighted by atomic mass is 9.35. The Balaban J connectivity index is 1.80. The summed E-state index contributed by atoms with van der Waals surface area (Å²) in [5, 5.41) is 0. The van der Waals surface area contributed by atoms with Gasteiger partial charge in [-0.25, -0.2) is 0 Å². The van der Waals surface area contributed by atoms with Crippen molar-refractivity contribution in [3.05, 3.63) is 133 Å². The molecule has 0 saturated heterocycles. The molecule has 0 heterocycles. The standard InChI is InChI=1S/C30H24BN/c32-30-22-12-11-21-29(30)31(27-19-9-7-17-25(27)23-13-3-1-4-14-23)28-20-10-8-18-26(28)24-15-5-2-6-16-24/h1-22H,32H2. The van der Waals surface area contributed by atoms with E-state index in [1.807, 2.05) is 12.1 Å². The van der Waals surface area contributed by atoms with E-state index in [-0.39, 0.29) is 6.71 Å². The second-order valence-electron chi connectivity index (χ2n) is 7.97. The van der Waals surface area contributed by atoms with Crippen molar-refractivity contribution in [3.63, 3.8) is 0 Å². The lowest BCUT2D eigenvalue weighted by Gasteiger charge is -2.23. The molecule has 0 aliphatic rings. The van der Waals surface area contributed by atoms with Crippen LogP contribution in [0.25, 0.3) is 22.3 Å². The lowest BCUT2D eigenvalue weighted by Crippen LogP contribution is -2.54. The van der Waals surface area contributed by atoms with Gasteiger partial charge in [0.05, 0.1) is 0 Å². The van der Waals surface area contributed by atoms with Crippen molar-refractivity contribution >= 4 is 28.8 Å². The Morgan fingerprint density at radius 1 is 0.375 bits per heavy atom. The summed E-state index contributed by atoms with van der Waals surface area (Å²) in [6, 6.07) is 46.8. The summed E-state index contributed by atoms with van der Waals surface area (Å²) in [6.07, 6.45) is 0. The molecule has 0 aliphatic heterocycles. The van der Waals surface area contributed by atoms with E-state index in [4.69, 9.17) is 5.73 Å². The van der Waals surface area contributed by atoms with Crippen LogP contribution in [0.15, 0.2) is 133 Å². The molecule has 0 amide bonds. The summed E-state index contributed by atoms with van der Waals surface area (Å²) in [5.41, 5.74) is 15.9. The number of para-hydroxylation sites is 1. The number of nitrogen functional groups attached to an aromatic ring is 1. The third kappa shape index (κ3) is 3.83. The molecule has 152 valence electrons. The molecule has 5 aromatic rings. The second kappa shape index (κ2) is 8.99. The molecule has 2 heteroatoms. The van der Waals surface area contributed by atoms with E-state index in [1.165, 1.54) is 33.2 Å². The topological polar surface area (TPSA) is 26.0 Å². The summed E-state index contributed by atoms with van der Waals surface area (Å²) in [7, 11) is 0. The molecule has 0 fully saturated rings. The van der Waals surface area contributed by atoms with E-state index in [0.717, 1.165) is 11.2 Å². The van der Waals surface area contributed by atoms with E-state index >= 15 is 0 Å². The average Bonchev–Trinajstić information content (AvgIpc) is 2.87. The zero-order chi connectivity index (χ0) is 21.8. The maximum Gasteiger partial charge on any atom is 0.245 e. The van der Waals surface area contributed by atoms with Crippen LogP contribution in [0.5, 0.6) is 0 Å². The number of benzene rings is 5. The Hall–Kier alpha value is -4.04.